The van der Waals surface area contributed by atoms with Gasteiger partial charge in [0.15, 0.2) is 0 Å². The summed E-state index contributed by atoms with van der Waals surface area (Å²) >= 11 is 3.46. The van der Waals surface area contributed by atoms with E-state index in [1.165, 1.54) is 0 Å². The number of hydrogen-bond acceptors (Lipinski definition) is 4. The number of rotatable bonds is 7. The predicted octanol–water partition coefficient (Wildman–Crippen LogP) is 2.42. The molecule has 0 aromatic heterocycles. The summed E-state index contributed by atoms with van der Waals surface area (Å²) < 4.78 is 6.38. The molecule has 3 N–H and O–H groups in total. The summed E-state index contributed by atoms with van der Waals surface area (Å²) in [6.07, 6.45) is 0.542. The van der Waals surface area contributed by atoms with Crippen LogP contribution in [0.5, 0.6) is 5.75 Å². The zero-order valence-corrected chi connectivity index (χ0v) is 12.9. The molecule has 0 saturated heterocycles. The van der Waals surface area contributed by atoms with Crippen LogP contribution in [0, 0.1) is 0 Å². The van der Waals surface area contributed by atoms with Gasteiger partial charge in [-0.15, -0.1) is 0 Å². The second kappa shape index (κ2) is 8.01. The monoisotopic (exact) mass is 329 g/mol. The van der Waals surface area contributed by atoms with Crippen molar-refractivity contribution in [3.63, 3.8) is 0 Å². The Labute approximate surface area is 122 Å². The fraction of sp³-hybridized carbons (Fsp3) is 0.462. The van der Waals surface area contributed by atoms with Gasteiger partial charge in [0.25, 0.3) is 0 Å². The van der Waals surface area contributed by atoms with Crippen molar-refractivity contribution in [2.75, 3.05) is 20.2 Å². The highest BCUT2D eigenvalue weighted by Gasteiger charge is 2.09. The molecule has 6 heteroatoms. The Hall–Kier alpha value is -1.27. The molecule has 19 heavy (non-hydrogen) atoms. The van der Waals surface area contributed by atoms with E-state index in [2.05, 4.69) is 32.9 Å². The zero-order valence-electron chi connectivity index (χ0n) is 11.3. The summed E-state index contributed by atoms with van der Waals surface area (Å²) in [5, 5.41) is 11.5. The van der Waals surface area contributed by atoms with E-state index in [1.807, 2.05) is 18.2 Å². The van der Waals surface area contributed by atoms with E-state index in [-0.39, 0.29) is 5.84 Å². The molecule has 0 saturated carbocycles. The smallest absolute Gasteiger partial charge is 0.140 e. The van der Waals surface area contributed by atoms with Crippen LogP contribution in [0.1, 0.15) is 18.9 Å². The molecule has 0 spiro atoms. The van der Waals surface area contributed by atoms with Crippen molar-refractivity contribution in [2.24, 2.45) is 10.9 Å². The molecule has 0 atom stereocenters. The lowest BCUT2D eigenvalue weighted by Gasteiger charge is -2.21. The summed E-state index contributed by atoms with van der Waals surface area (Å²) in [7, 11) is 1.67. The first-order valence-corrected chi connectivity index (χ1v) is 6.91. The molecule has 5 nitrogen and oxygen atoms in total. The molecule has 0 aliphatic heterocycles. The van der Waals surface area contributed by atoms with Gasteiger partial charge in [-0.25, -0.2) is 0 Å². The summed E-state index contributed by atoms with van der Waals surface area (Å²) in [5.41, 5.74) is 6.60. The number of oxime groups is 1. The van der Waals surface area contributed by atoms with Crippen LogP contribution in [-0.4, -0.2) is 36.1 Å². The zero-order chi connectivity index (χ0) is 14.3. The van der Waals surface area contributed by atoms with Crippen molar-refractivity contribution in [1.29, 1.82) is 0 Å². The number of nitrogens with two attached hydrogens (primary N) is 1. The minimum absolute atomic E-state index is 0.250. The van der Waals surface area contributed by atoms with E-state index < -0.39 is 0 Å². The van der Waals surface area contributed by atoms with E-state index in [1.54, 1.807) is 7.11 Å². The van der Waals surface area contributed by atoms with Gasteiger partial charge in [-0.1, -0.05) is 28.0 Å². The molecule has 0 fully saturated rings. The Kier molecular flexibility index (Phi) is 6.66. The van der Waals surface area contributed by atoms with Gasteiger partial charge in [-0.05, 0) is 24.7 Å². The van der Waals surface area contributed by atoms with Crippen LogP contribution < -0.4 is 10.5 Å². The van der Waals surface area contributed by atoms with Crippen molar-refractivity contribution < 1.29 is 9.94 Å². The average Bonchev–Trinajstić information content (AvgIpc) is 2.43. The second-order valence-corrected chi connectivity index (χ2v) is 5.08. The minimum Gasteiger partial charge on any atom is -0.496 e. The molecule has 0 aliphatic carbocycles. The van der Waals surface area contributed by atoms with Crippen LogP contribution in [0.15, 0.2) is 27.8 Å². The van der Waals surface area contributed by atoms with Gasteiger partial charge in [-0.2, -0.15) is 0 Å². The summed E-state index contributed by atoms with van der Waals surface area (Å²) in [5.74, 6) is 1.12. The number of benzene rings is 1. The SMILES string of the molecule is CCN(CCC(N)=NO)Cc1cc(Br)ccc1OC. The van der Waals surface area contributed by atoms with Crippen molar-refractivity contribution in [3.8, 4) is 5.75 Å². The lowest BCUT2D eigenvalue weighted by atomic mass is 10.2. The normalized spacial score (nSPS) is 11.9. The van der Waals surface area contributed by atoms with E-state index in [4.69, 9.17) is 15.7 Å². The second-order valence-electron chi connectivity index (χ2n) is 4.17. The molecular formula is C13H20BrN3O2. The van der Waals surface area contributed by atoms with Gasteiger partial charge < -0.3 is 15.7 Å². The maximum absolute atomic E-state index is 8.55. The first-order valence-electron chi connectivity index (χ1n) is 6.11. The molecular weight excluding hydrogens is 310 g/mol. The molecule has 0 heterocycles. The van der Waals surface area contributed by atoms with Gasteiger partial charge in [-0.3, -0.25) is 4.90 Å². The molecule has 0 amide bonds. The number of halogens is 1. The Morgan fingerprint density at radius 2 is 2.26 bits per heavy atom. The van der Waals surface area contributed by atoms with Crippen LogP contribution in [0.25, 0.3) is 0 Å². The Morgan fingerprint density at radius 3 is 2.84 bits per heavy atom. The third-order valence-electron chi connectivity index (χ3n) is 2.90. The number of nitrogens with zero attached hydrogens (tertiary/aromatic N) is 2. The number of methoxy groups -OCH3 is 1. The predicted molar refractivity (Wildman–Crippen MR) is 79.7 cm³/mol. The summed E-state index contributed by atoms with van der Waals surface area (Å²) in [6, 6.07) is 5.94. The molecule has 0 unspecified atom stereocenters. The molecule has 0 radical (unpaired) electrons. The van der Waals surface area contributed by atoms with Crippen molar-refractivity contribution in [2.45, 2.75) is 19.9 Å². The highest BCUT2D eigenvalue weighted by Crippen LogP contribution is 2.24. The van der Waals surface area contributed by atoms with Crippen LogP contribution in [0.2, 0.25) is 0 Å². The molecule has 1 rings (SSSR count). The first kappa shape index (κ1) is 15.8. The average molecular weight is 330 g/mol. The summed E-state index contributed by atoms with van der Waals surface area (Å²) in [4.78, 5) is 2.21. The number of ether oxygens (including phenoxy) is 1. The van der Waals surface area contributed by atoms with E-state index in [9.17, 15) is 0 Å². The van der Waals surface area contributed by atoms with Crippen LogP contribution in [-0.2, 0) is 6.54 Å². The lowest BCUT2D eigenvalue weighted by Crippen LogP contribution is -2.28. The fourth-order valence-electron chi connectivity index (χ4n) is 1.78. The molecule has 0 bridgehead atoms. The van der Waals surface area contributed by atoms with Crippen LogP contribution in [0.4, 0.5) is 0 Å². The Balaban J connectivity index is 2.72. The van der Waals surface area contributed by atoms with E-state index >= 15 is 0 Å². The highest BCUT2D eigenvalue weighted by molar-refractivity contribution is 9.10. The number of hydrogen-bond donors (Lipinski definition) is 2. The Morgan fingerprint density at radius 1 is 1.53 bits per heavy atom. The lowest BCUT2D eigenvalue weighted by molar-refractivity contribution is 0.278. The van der Waals surface area contributed by atoms with Gasteiger partial charge in [0.2, 0.25) is 0 Å². The van der Waals surface area contributed by atoms with Gasteiger partial charge >= 0.3 is 0 Å². The third-order valence-corrected chi connectivity index (χ3v) is 3.39. The van der Waals surface area contributed by atoms with Gasteiger partial charge in [0, 0.05) is 29.5 Å². The molecule has 0 aliphatic rings. The molecule has 106 valence electrons. The summed E-state index contributed by atoms with van der Waals surface area (Å²) in [6.45, 7) is 4.46. The van der Waals surface area contributed by atoms with Gasteiger partial charge in [0.1, 0.15) is 11.6 Å². The largest absolute Gasteiger partial charge is 0.496 e. The van der Waals surface area contributed by atoms with Crippen molar-refractivity contribution >= 4 is 21.8 Å². The van der Waals surface area contributed by atoms with Gasteiger partial charge in [0.05, 0.1) is 7.11 Å². The Bertz CT molecular complexity index is 438. The quantitative estimate of drug-likeness (QED) is 0.349. The van der Waals surface area contributed by atoms with E-state index in [0.717, 1.165) is 35.4 Å². The van der Waals surface area contributed by atoms with E-state index in [0.29, 0.717) is 6.42 Å². The maximum atomic E-state index is 8.55. The fourth-order valence-corrected chi connectivity index (χ4v) is 2.19. The maximum Gasteiger partial charge on any atom is 0.140 e. The number of amidine groups is 1. The van der Waals surface area contributed by atoms with Crippen molar-refractivity contribution in [3.05, 3.63) is 28.2 Å². The van der Waals surface area contributed by atoms with Crippen LogP contribution in [0.3, 0.4) is 0 Å². The molecule has 1 aromatic carbocycles. The first-order chi connectivity index (χ1) is 9.10. The molecule has 1 aromatic rings. The standard InChI is InChI=1S/C13H20BrN3O2/c1-3-17(7-6-13(15)16-18)9-10-8-11(14)4-5-12(10)19-2/h4-5,8,18H,3,6-7,9H2,1-2H3,(H2,15,16). The minimum atomic E-state index is 0.250. The van der Waals surface area contributed by atoms with Crippen LogP contribution >= 0.6 is 15.9 Å². The highest BCUT2D eigenvalue weighted by atomic mass is 79.9. The third kappa shape index (κ3) is 5.08. The van der Waals surface area contributed by atoms with Crippen molar-refractivity contribution in [1.82, 2.24) is 4.90 Å². The topological polar surface area (TPSA) is 71.1 Å².